The zero-order chi connectivity index (χ0) is 16.5. The Morgan fingerprint density at radius 3 is 2.59 bits per heavy atom. The molecule has 7 heteroatoms. The number of carbonyl (C=O) groups is 3. The van der Waals surface area contributed by atoms with Crippen molar-refractivity contribution in [1.82, 2.24) is 10.6 Å². The molecular weight excluding hydrogens is 288 g/mol. The fourth-order valence-corrected chi connectivity index (χ4v) is 1.81. The van der Waals surface area contributed by atoms with Crippen LogP contribution in [0.4, 0.5) is 0 Å². The first-order chi connectivity index (χ1) is 10.5. The maximum atomic E-state index is 12.1. The number of nitrogens with one attached hydrogen (secondary N) is 2. The highest BCUT2D eigenvalue weighted by Crippen LogP contribution is 2.06. The van der Waals surface area contributed by atoms with Crippen LogP contribution in [-0.2, 0) is 14.3 Å². The van der Waals surface area contributed by atoms with Crippen LogP contribution >= 0.6 is 0 Å². The normalized spacial score (nSPS) is 11.8. The van der Waals surface area contributed by atoms with Gasteiger partial charge in [-0.15, -0.1) is 0 Å². The van der Waals surface area contributed by atoms with E-state index in [4.69, 9.17) is 4.42 Å². The van der Waals surface area contributed by atoms with E-state index < -0.39 is 11.9 Å². The molecule has 1 atom stereocenters. The van der Waals surface area contributed by atoms with Gasteiger partial charge in [-0.1, -0.05) is 13.8 Å². The fraction of sp³-hybridized carbons (Fsp3) is 0.533. The molecule has 0 aliphatic rings. The lowest BCUT2D eigenvalue weighted by atomic mass is 10.0. The topological polar surface area (TPSA) is 97.6 Å². The van der Waals surface area contributed by atoms with Crippen molar-refractivity contribution in [3.63, 3.8) is 0 Å². The highest BCUT2D eigenvalue weighted by molar-refractivity contribution is 5.95. The van der Waals surface area contributed by atoms with Crippen LogP contribution in [0.1, 0.15) is 37.2 Å². The van der Waals surface area contributed by atoms with Gasteiger partial charge in [0.1, 0.15) is 6.04 Å². The SMILES string of the molecule is COC(=O)CCCNC(=O)C(NC(=O)c1ccco1)C(C)C. The quantitative estimate of drug-likeness (QED) is 0.553. The molecule has 1 aromatic rings. The number of methoxy groups -OCH3 is 1. The molecule has 0 aliphatic carbocycles. The minimum absolute atomic E-state index is 0.0838. The van der Waals surface area contributed by atoms with Gasteiger partial charge in [-0.25, -0.2) is 0 Å². The van der Waals surface area contributed by atoms with Crippen molar-refractivity contribution < 1.29 is 23.5 Å². The third kappa shape index (κ3) is 5.59. The molecule has 22 heavy (non-hydrogen) atoms. The second kappa shape index (κ2) is 8.86. The molecule has 0 saturated heterocycles. The number of furan rings is 1. The van der Waals surface area contributed by atoms with Crippen LogP contribution < -0.4 is 10.6 Å². The first kappa shape index (κ1) is 17.7. The Morgan fingerprint density at radius 2 is 2.05 bits per heavy atom. The van der Waals surface area contributed by atoms with Gasteiger partial charge in [0.05, 0.1) is 13.4 Å². The van der Waals surface area contributed by atoms with Crippen LogP contribution in [0.5, 0.6) is 0 Å². The Hall–Kier alpha value is -2.31. The van der Waals surface area contributed by atoms with E-state index in [0.29, 0.717) is 13.0 Å². The molecule has 1 unspecified atom stereocenters. The number of carbonyl (C=O) groups excluding carboxylic acids is 3. The molecule has 1 rings (SSSR count). The Kier molecular flexibility index (Phi) is 7.15. The van der Waals surface area contributed by atoms with Gasteiger partial charge < -0.3 is 19.8 Å². The standard InChI is InChI=1S/C15H22N2O5/c1-10(2)13(17-14(19)11-6-5-9-22-11)15(20)16-8-4-7-12(18)21-3/h5-6,9-10,13H,4,7-8H2,1-3H3,(H,16,20)(H,17,19). The van der Waals surface area contributed by atoms with E-state index in [1.54, 1.807) is 6.07 Å². The minimum atomic E-state index is -0.671. The molecule has 2 N–H and O–H groups in total. The molecule has 122 valence electrons. The zero-order valence-corrected chi connectivity index (χ0v) is 13.0. The van der Waals surface area contributed by atoms with E-state index in [1.165, 1.54) is 19.4 Å². The summed E-state index contributed by atoms with van der Waals surface area (Å²) < 4.78 is 9.52. The van der Waals surface area contributed by atoms with Crippen LogP contribution in [0.25, 0.3) is 0 Å². The predicted molar refractivity (Wildman–Crippen MR) is 79.1 cm³/mol. The lowest BCUT2D eigenvalue weighted by Crippen LogP contribution is -2.49. The number of hydrogen-bond acceptors (Lipinski definition) is 5. The van der Waals surface area contributed by atoms with Crippen LogP contribution in [0.2, 0.25) is 0 Å². The molecule has 0 spiro atoms. The van der Waals surface area contributed by atoms with E-state index in [9.17, 15) is 14.4 Å². The van der Waals surface area contributed by atoms with E-state index in [-0.39, 0.29) is 30.0 Å². The Balaban J connectivity index is 2.46. The maximum Gasteiger partial charge on any atom is 0.305 e. The van der Waals surface area contributed by atoms with Crippen LogP contribution in [-0.4, -0.2) is 37.5 Å². The molecule has 0 bridgehead atoms. The molecule has 0 aliphatic heterocycles. The van der Waals surface area contributed by atoms with Gasteiger partial charge in [0.2, 0.25) is 5.91 Å². The van der Waals surface area contributed by atoms with Crippen LogP contribution in [0, 0.1) is 5.92 Å². The van der Waals surface area contributed by atoms with Gasteiger partial charge in [0.25, 0.3) is 5.91 Å². The highest BCUT2D eigenvalue weighted by atomic mass is 16.5. The second-order valence-corrected chi connectivity index (χ2v) is 5.14. The van der Waals surface area contributed by atoms with E-state index >= 15 is 0 Å². The maximum absolute atomic E-state index is 12.1. The minimum Gasteiger partial charge on any atom is -0.469 e. The zero-order valence-electron chi connectivity index (χ0n) is 13.0. The first-order valence-corrected chi connectivity index (χ1v) is 7.14. The van der Waals surface area contributed by atoms with Crippen molar-refractivity contribution in [3.8, 4) is 0 Å². The molecule has 0 aromatic carbocycles. The number of rotatable bonds is 8. The molecule has 0 saturated carbocycles. The Labute approximate surface area is 129 Å². The summed E-state index contributed by atoms with van der Waals surface area (Å²) in [6, 6.07) is 2.46. The van der Waals surface area contributed by atoms with Gasteiger partial charge in [-0.2, -0.15) is 0 Å². The molecular formula is C15H22N2O5. The lowest BCUT2D eigenvalue weighted by Gasteiger charge is -2.21. The molecule has 0 radical (unpaired) electrons. The van der Waals surface area contributed by atoms with Crippen molar-refractivity contribution in [3.05, 3.63) is 24.2 Å². The first-order valence-electron chi connectivity index (χ1n) is 7.14. The number of amides is 2. The van der Waals surface area contributed by atoms with Gasteiger partial charge in [0, 0.05) is 13.0 Å². The summed E-state index contributed by atoms with van der Waals surface area (Å²) in [6.07, 6.45) is 2.11. The number of ether oxygens (including phenoxy) is 1. The summed E-state index contributed by atoms with van der Waals surface area (Å²) in [5.41, 5.74) is 0. The average Bonchev–Trinajstić information content (AvgIpc) is 3.02. The lowest BCUT2D eigenvalue weighted by molar-refractivity contribution is -0.140. The van der Waals surface area contributed by atoms with E-state index in [2.05, 4.69) is 15.4 Å². The molecule has 7 nitrogen and oxygen atoms in total. The van der Waals surface area contributed by atoms with Crippen molar-refractivity contribution in [2.75, 3.05) is 13.7 Å². The van der Waals surface area contributed by atoms with Crippen molar-refractivity contribution in [2.24, 2.45) is 5.92 Å². The van der Waals surface area contributed by atoms with Crippen LogP contribution in [0.15, 0.2) is 22.8 Å². The largest absolute Gasteiger partial charge is 0.469 e. The van der Waals surface area contributed by atoms with Crippen molar-refractivity contribution in [2.45, 2.75) is 32.7 Å². The third-order valence-corrected chi connectivity index (χ3v) is 3.07. The molecule has 2 amide bonds. The summed E-state index contributed by atoms with van der Waals surface area (Å²) in [7, 11) is 1.32. The van der Waals surface area contributed by atoms with Gasteiger partial charge in [-0.3, -0.25) is 14.4 Å². The molecule has 1 heterocycles. The summed E-state index contributed by atoms with van der Waals surface area (Å²) >= 11 is 0. The van der Waals surface area contributed by atoms with Gasteiger partial charge in [0.15, 0.2) is 5.76 Å². The van der Waals surface area contributed by atoms with Crippen LogP contribution in [0.3, 0.4) is 0 Å². The van der Waals surface area contributed by atoms with E-state index in [1.807, 2.05) is 13.8 Å². The smallest absolute Gasteiger partial charge is 0.305 e. The monoisotopic (exact) mass is 310 g/mol. The predicted octanol–water partition coefficient (Wildman–Crippen LogP) is 1.10. The highest BCUT2D eigenvalue weighted by Gasteiger charge is 2.25. The average molecular weight is 310 g/mol. The fourth-order valence-electron chi connectivity index (χ4n) is 1.81. The Morgan fingerprint density at radius 1 is 1.32 bits per heavy atom. The van der Waals surface area contributed by atoms with E-state index in [0.717, 1.165) is 0 Å². The second-order valence-electron chi connectivity index (χ2n) is 5.14. The summed E-state index contributed by atoms with van der Waals surface area (Å²) in [5.74, 6) is -0.974. The molecule has 0 fully saturated rings. The van der Waals surface area contributed by atoms with Crippen molar-refractivity contribution in [1.29, 1.82) is 0 Å². The summed E-state index contributed by atoms with van der Waals surface area (Å²) in [4.78, 5) is 35.0. The molecule has 1 aromatic heterocycles. The summed E-state index contributed by atoms with van der Waals surface area (Å²) in [6.45, 7) is 4.01. The van der Waals surface area contributed by atoms with Gasteiger partial charge in [-0.05, 0) is 24.5 Å². The number of esters is 1. The van der Waals surface area contributed by atoms with Crippen molar-refractivity contribution >= 4 is 17.8 Å². The number of hydrogen-bond donors (Lipinski definition) is 2. The third-order valence-electron chi connectivity index (χ3n) is 3.07. The van der Waals surface area contributed by atoms with Gasteiger partial charge >= 0.3 is 5.97 Å². The summed E-state index contributed by atoms with van der Waals surface area (Å²) in [5, 5.41) is 5.35. The Bertz CT molecular complexity index is 496.